The van der Waals surface area contributed by atoms with E-state index in [0.29, 0.717) is 23.7 Å². The van der Waals surface area contributed by atoms with Crippen LogP contribution in [-0.4, -0.2) is 32.7 Å². The van der Waals surface area contributed by atoms with Crippen molar-refractivity contribution in [1.82, 2.24) is 19.6 Å². The molecule has 3 heterocycles. The number of hydrogen-bond donors (Lipinski definition) is 0. The molecule has 1 saturated heterocycles. The van der Waals surface area contributed by atoms with E-state index in [4.69, 9.17) is 11.6 Å². The minimum Gasteiger partial charge on any atom is -0.368 e. The molecule has 0 saturated carbocycles. The summed E-state index contributed by atoms with van der Waals surface area (Å²) in [6.45, 7) is 3.89. The average Bonchev–Trinajstić information content (AvgIpc) is 2.96. The van der Waals surface area contributed by atoms with Gasteiger partial charge in [0.1, 0.15) is 17.5 Å². The van der Waals surface area contributed by atoms with E-state index in [9.17, 15) is 13.2 Å². The number of halogens is 4. The molecule has 0 atom stereocenters. The van der Waals surface area contributed by atoms with Crippen molar-refractivity contribution in [2.45, 2.75) is 19.8 Å². The number of aromatic nitrogens is 4. The molecule has 0 bridgehead atoms. The molecule has 0 N–H and O–H groups in total. The normalized spacial score (nSPS) is 15.8. The zero-order valence-corrected chi connectivity index (χ0v) is 14.6. The Bertz CT molecular complexity index is 959. The number of benzene rings is 1. The first kappa shape index (κ1) is 17.1. The Labute approximate surface area is 152 Å². The van der Waals surface area contributed by atoms with Gasteiger partial charge in [-0.05, 0) is 18.8 Å². The lowest BCUT2D eigenvalue weighted by molar-refractivity contribution is 0.438. The van der Waals surface area contributed by atoms with Crippen LogP contribution in [0.25, 0.3) is 17.2 Å². The highest BCUT2D eigenvalue weighted by Gasteiger charge is 2.22. The molecule has 0 unspecified atom stereocenters. The number of piperidine rings is 1. The third-order valence-corrected chi connectivity index (χ3v) is 4.90. The third kappa shape index (κ3) is 2.98. The molecule has 0 radical (unpaired) electrons. The molecular formula is C17H15ClF3N5. The van der Waals surface area contributed by atoms with Crippen molar-refractivity contribution in [3.63, 3.8) is 0 Å². The van der Waals surface area contributed by atoms with Crippen molar-refractivity contribution in [1.29, 1.82) is 0 Å². The maximum atomic E-state index is 14.0. The number of nitrogens with zero attached hydrogens (tertiary/aromatic N) is 5. The standard InChI is InChI=1S/C17H15ClF3N5/c1-9-2-4-25(5-3-9)13-8-26-17(22-15(13)18)23-16(24-26)14-11(20)6-10(19)7-12(14)21/h6-9H,2-5H2,1H3. The Balaban J connectivity index is 1.77. The highest BCUT2D eigenvalue weighted by molar-refractivity contribution is 6.32. The fraction of sp³-hybridized carbons (Fsp3) is 0.353. The van der Waals surface area contributed by atoms with Crippen molar-refractivity contribution in [3.05, 3.63) is 40.9 Å². The summed E-state index contributed by atoms with van der Waals surface area (Å²) >= 11 is 6.28. The minimum atomic E-state index is -1.07. The molecular weight excluding hydrogens is 367 g/mol. The van der Waals surface area contributed by atoms with Crippen LogP contribution in [0.2, 0.25) is 5.15 Å². The molecule has 0 spiro atoms. The van der Waals surface area contributed by atoms with Crippen molar-refractivity contribution >= 4 is 23.1 Å². The van der Waals surface area contributed by atoms with Crippen molar-refractivity contribution < 1.29 is 13.2 Å². The fourth-order valence-corrected chi connectivity index (χ4v) is 3.36. The fourth-order valence-electron chi connectivity index (χ4n) is 3.12. The predicted octanol–water partition coefficient (Wildman–Crippen LogP) is 4.10. The van der Waals surface area contributed by atoms with Crippen LogP contribution in [-0.2, 0) is 0 Å². The lowest BCUT2D eigenvalue weighted by Gasteiger charge is -2.32. The van der Waals surface area contributed by atoms with Crippen LogP contribution in [0.15, 0.2) is 18.3 Å². The van der Waals surface area contributed by atoms with E-state index in [2.05, 4.69) is 26.9 Å². The smallest absolute Gasteiger partial charge is 0.254 e. The summed E-state index contributed by atoms with van der Waals surface area (Å²) in [4.78, 5) is 10.3. The zero-order chi connectivity index (χ0) is 18.4. The number of anilines is 1. The van der Waals surface area contributed by atoms with E-state index in [1.165, 1.54) is 4.52 Å². The first-order chi connectivity index (χ1) is 12.4. The number of fused-ring (bicyclic) bond motifs is 1. The first-order valence-electron chi connectivity index (χ1n) is 8.25. The second-order valence-electron chi connectivity index (χ2n) is 6.51. The van der Waals surface area contributed by atoms with Gasteiger partial charge in [-0.2, -0.15) is 9.97 Å². The molecule has 9 heteroatoms. The maximum Gasteiger partial charge on any atom is 0.254 e. The van der Waals surface area contributed by atoms with Crippen LogP contribution >= 0.6 is 11.6 Å². The molecule has 0 amide bonds. The summed E-state index contributed by atoms with van der Waals surface area (Å²) in [5.74, 6) is -2.60. The predicted molar refractivity (Wildman–Crippen MR) is 91.7 cm³/mol. The van der Waals surface area contributed by atoms with Crippen molar-refractivity contribution in [3.8, 4) is 11.4 Å². The molecule has 3 aromatic rings. The largest absolute Gasteiger partial charge is 0.368 e. The minimum absolute atomic E-state index is 0.113. The Kier molecular flexibility index (Phi) is 4.22. The van der Waals surface area contributed by atoms with Gasteiger partial charge in [0, 0.05) is 25.2 Å². The summed E-state index contributed by atoms with van der Waals surface area (Å²) in [5.41, 5.74) is 0.198. The Hall–Kier alpha value is -2.35. The van der Waals surface area contributed by atoms with Gasteiger partial charge in [0.2, 0.25) is 0 Å². The summed E-state index contributed by atoms with van der Waals surface area (Å²) in [7, 11) is 0. The molecule has 1 aliphatic heterocycles. The van der Waals surface area contributed by atoms with Crippen molar-refractivity contribution in [2.24, 2.45) is 5.92 Å². The molecule has 4 rings (SSSR count). The van der Waals surface area contributed by atoms with E-state index in [0.717, 1.165) is 25.9 Å². The molecule has 136 valence electrons. The maximum absolute atomic E-state index is 14.0. The summed E-state index contributed by atoms with van der Waals surface area (Å²) in [6.07, 6.45) is 3.74. The Morgan fingerprint density at radius 1 is 1.08 bits per heavy atom. The molecule has 1 fully saturated rings. The quantitative estimate of drug-likeness (QED) is 0.627. The monoisotopic (exact) mass is 381 g/mol. The van der Waals surface area contributed by atoms with Gasteiger partial charge in [-0.25, -0.2) is 17.7 Å². The molecule has 5 nitrogen and oxygen atoms in total. The second-order valence-corrected chi connectivity index (χ2v) is 6.87. The Morgan fingerprint density at radius 2 is 1.73 bits per heavy atom. The topological polar surface area (TPSA) is 46.3 Å². The lowest BCUT2D eigenvalue weighted by Crippen LogP contribution is -2.33. The summed E-state index contributed by atoms with van der Waals surface area (Å²) in [6, 6.07) is 1.18. The van der Waals surface area contributed by atoms with E-state index in [-0.39, 0.29) is 16.8 Å². The van der Waals surface area contributed by atoms with E-state index in [1.807, 2.05) is 0 Å². The van der Waals surface area contributed by atoms with Crippen LogP contribution in [0.4, 0.5) is 18.9 Å². The summed E-state index contributed by atoms with van der Waals surface area (Å²) in [5, 5.41) is 4.36. The van der Waals surface area contributed by atoms with Gasteiger partial charge in [0.25, 0.3) is 5.78 Å². The van der Waals surface area contributed by atoms with Crippen LogP contribution in [0, 0.1) is 23.4 Å². The van der Waals surface area contributed by atoms with Crippen molar-refractivity contribution in [2.75, 3.05) is 18.0 Å². The van der Waals surface area contributed by atoms with Gasteiger partial charge in [0.05, 0.1) is 17.4 Å². The van der Waals surface area contributed by atoms with Gasteiger partial charge in [-0.3, -0.25) is 0 Å². The lowest BCUT2D eigenvalue weighted by atomic mass is 9.99. The highest BCUT2D eigenvalue weighted by Crippen LogP contribution is 2.30. The van der Waals surface area contributed by atoms with Gasteiger partial charge in [0.15, 0.2) is 11.0 Å². The van der Waals surface area contributed by atoms with Crippen LogP contribution in [0.1, 0.15) is 19.8 Å². The van der Waals surface area contributed by atoms with Crippen LogP contribution < -0.4 is 4.90 Å². The average molecular weight is 382 g/mol. The number of rotatable bonds is 2. The zero-order valence-electron chi connectivity index (χ0n) is 13.9. The molecule has 26 heavy (non-hydrogen) atoms. The molecule has 1 aromatic carbocycles. The highest BCUT2D eigenvalue weighted by atomic mass is 35.5. The second kappa shape index (κ2) is 6.42. The van der Waals surface area contributed by atoms with Gasteiger partial charge in [-0.15, -0.1) is 5.10 Å². The SMILES string of the molecule is CC1CCN(c2cn3nc(-c4c(F)cc(F)cc4F)nc3nc2Cl)CC1. The van der Waals surface area contributed by atoms with Gasteiger partial charge >= 0.3 is 0 Å². The van der Waals surface area contributed by atoms with Gasteiger partial charge in [-0.1, -0.05) is 18.5 Å². The van der Waals surface area contributed by atoms with E-state index < -0.39 is 23.0 Å². The van der Waals surface area contributed by atoms with E-state index >= 15 is 0 Å². The molecule has 1 aliphatic rings. The molecule has 0 aliphatic carbocycles. The Morgan fingerprint density at radius 3 is 2.38 bits per heavy atom. The molecule has 2 aromatic heterocycles. The van der Waals surface area contributed by atoms with Crippen LogP contribution in [0.5, 0.6) is 0 Å². The van der Waals surface area contributed by atoms with E-state index in [1.54, 1.807) is 6.20 Å². The summed E-state index contributed by atoms with van der Waals surface area (Å²) < 4.78 is 42.4. The number of hydrogen-bond acceptors (Lipinski definition) is 4. The first-order valence-corrected chi connectivity index (χ1v) is 8.63. The third-order valence-electron chi connectivity index (χ3n) is 4.62. The van der Waals surface area contributed by atoms with Crippen LogP contribution in [0.3, 0.4) is 0 Å². The van der Waals surface area contributed by atoms with Gasteiger partial charge < -0.3 is 4.90 Å².